The van der Waals surface area contributed by atoms with Gasteiger partial charge in [0, 0.05) is 5.69 Å². The second-order valence-corrected chi connectivity index (χ2v) is 5.52. The molecule has 0 unspecified atom stereocenters. The predicted molar refractivity (Wildman–Crippen MR) is 82.6 cm³/mol. The number of hydrogen-bond donors (Lipinski definition) is 1. The molecule has 21 heavy (non-hydrogen) atoms. The van der Waals surface area contributed by atoms with Crippen molar-refractivity contribution < 1.29 is 0 Å². The van der Waals surface area contributed by atoms with Gasteiger partial charge in [-0.1, -0.05) is 12.1 Å². The van der Waals surface area contributed by atoms with Gasteiger partial charge in [-0.2, -0.15) is 10.4 Å². The third kappa shape index (κ3) is 2.47. The van der Waals surface area contributed by atoms with Crippen LogP contribution in [-0.4, -0.2) is 10.2 Å². The summed E-state index contributed by atoms with van der Waals surface area (Å²) >= 11 is 0. The largest absolute Gasteiger partial charge is 0.337 e. The third-order valence-electron chi connectivity index (χ3n) is 4.22. The molecule has 0 bridgehead atoms. The number of nitrogens with one attached hydrogen (secondary N) is 1. The summed E-state index contributed by atoms with van der Waals surface area (Å²) in [4.78, 5) is 0. The number of aryl methyl sites for hydroxylation is 2. The van der Waals surface area contributed by atoms with Crippen molar-refractivity contribution in [1.82, 2.24) is 10.2 Å². The van der Waals surface area contributed by atoms with Gasteiger partial charge < -0.3 is 5.32 Å². The number of anilines is 2. The van der Waals surface area contributed by atoms with Crippen LogP contribution < -0.4 is 5.32 Å². The first-order chi connectivity index (χ1) is 10.2. The van der Waals surface area contributed by atoms with Crippen LogP contribution in [0.4, 0.5) is 11.5 Å². The Balaban J connectivity index is 2.02. The van der Waals surface area contributed by atoms with Crippen LogP contribution in [0.5, 0.6) is 0 Å². The molecule has 0 radical (unpaired) electrons. The van der Waals surface area contributed by atoms with Crippen molar-refractivity contribution >= 4 is 11.5 Å². The summed E-state index contributed by atoms with van der Waals surface area (Å²) in [6.07, 6.45) is 4.69. The third-order valence-corrected chi connectivity index (χ3v) is 4.22. The van der Waals surface area contributed by atoms with E-state index in [1.54, 1.807) is 0 Å². The first-order valence-electron chi connectivity index (χ1n) is 7.32. The monoisotopic (exact) mass is 278 g/mol. The summed E-state index contributed by atoms with van der Waals surface area (Å²) in [7, 11) is 0. The molecule has 1 N–H and O–H groups in total. The van der Waals surface area contributed by atoms with Gasteiger partial charge in [0.25, 0.3) is 0 Å². The van der Waals surface area contributed by atoms with Crippen LogP contribution in [-0.2, 0) is 12.8 Å². The van der Waals surface area contributed by atoms with Gasteiger partial charge in [-0.3, -0.25) is 0 Å². The van der Waals surface area contributed by atoms with Gasteiger partial charge in [-0.15, -0.1) is 5.10 Å². The summed E-state index contributed by atoms with van der Waals surface area (Å²) in [5, 5.41) is 21.0. The molecule has 1 aliphatic rings. The Morgan fingerprint density at radius 2 is 1.95 bits per heavy atom. The molecule has 4 heteroatoms. The lowest BCUT2D eigenvalue weighted by molar-refractivity contribution is 0.687. The molecular formula is C17H18N4. The van der Waals surface area contributed by atoms with Crippen molar-refractivity contribution in [3.8, 4) is 6.07 Å². The zero-order valence-corrected chi connectivity index (χ0v) is 12.4. The lowest BCUT2D eigenvalue weighted by atomic mass is 9.90. The second-order valence-electron chi connectivity index (χ2n) is 5.52. The molecule has 4 nitrogen and oxygen atoms in total. The maximum atomic E-state index is 9.38. The van der Waals surface area contributed by atoms with Crippen molar-refractivity contribution in [2.45, 2.75) is 39.5 Å². The highest BCUT2D eigenvalue weighted by Crippen LogP contribution is 2.30. The van der Waals surface area contributed by atoms with E-state index in [0.717, 1.165) is 29.8 Å². The van der Waals surface area contributed by atoms with Crippen molar-refractivity contribution in [2.24, 2.45) is 0 Å². The zero-order chi connectivity index (χ0) is 14.8. The van der Waals surface area contributed by atoms with Gasteiger partial charge in [-0.25, -0.2) is 0 Å². The van der Waals surface area contributed by atoms with Crippen molar-refractivity contribution in [3.63, 3.8) is 0 Å². The molecule has 0 atom stereocenters. The van der Waals surface area contributed by atoms with Crippen LogP contribution in [0.25, 0.3) is 0 Å². The van der Waals surface area contributed by atoms with E-state index in [9.17, 15) is 5.26 Å². The molecule has 2 aromatic rings. The molecule has 1 aliphatic carbocycles. The minimum atomic E-state index is 0.555. The Labute approximate surface area is 124 Å². The molecule has 0 saturated heterocycles. The van der Waals surface area contributed by atoms with Gasteiger partial charge >= 0.3 is 0 Å². The van der Waals surface area contributed by atoms with Crippen LogP contribution in [0, 0.1) is 25.2 Å². The standard InChI is InChI=1S/C17H18N4/c1-11-12(2)20-21-17(15(11)10-18)19-16-9-5-7-13-6-3-4-8-14(13)16/h5,7,9H,3-4,6,8H2,1-2H3,(H,19,21). The number of hydrogen-bond acceptors (Lipinski definition) is 4. The van der Waals surface area contributed by atoms with Gasteiger partial charge in [0.1, 0.15) is 11.6 Å². The average molecular weight is 278 g/mol. The van der Waals surface area contributed by atoms with E-state index in [1.165, 1.54) is 24.0 Å². The highest BCUT2D eigenvalue weighted by molar-refractivity contribution is 5.68. The van der Waals surface area contributed by atoms with E-state index in [4.69, 9.17) is 0 Å². The summed E-state index contributed by atoms with van der Waals surface area (Å²) in [6.45, 7) is 3.78. The fraction of sp³-hybridized carbons (Fsp3) is 0.353. The van der Waals surface area contributed by atoms with Gasteiger partial charge in [0.2, 0.25) is 0 Å². The second kappa shape index (κ2) is 5.53. The molecule has 0 aliphatic heterocycles. The van der Waals surface area contributed by atoms with Crippen LogP contribution in [0.15, 0.2) is 18.2 Å². The Bertz CT molecular complexity index is 728. The van der Waals surface area contributed by atoms with Crippen molar-refractivity contribution in [1.29, 1.82) is 5.26 Å². The maximum absolute atomic E-state index is 9.38. The van der Waals surface area contributed by atoms with E-state index >= 15 is 0 Å². The fourth-order valence-electron chi connectivity index (χ4n) is 2.86. The average Bonchev–Trinajstić information content (AvgIpc) is 2.52. The minimum absolute atomic E-state index is 0.555. The zero-order valence-electron chi connectivity index (χ0n) is 12.4. The van der Waals surface area contributed by atoms with Gasteiger partial charge in [0.05, 0.1) is 5.69 Å². The first-order valence-corrected chi connectivity index (χ1v) is 7.32. The number of fused-ring (bicyclic) bond motifs is 1. The summed E-state index contributed by atoms with van der Waals surface area (Å²) in [5.41, 5.74) is 6.08. The lowest BCUT2D eigenvalue weighted by Gasteiger charge is -2.20. The molecule has 1 aromatic heterocycles. The molecule has 0 fully saturated rings. The highest BCUT2D eigenvalue weighted by atomic mass is 15.2. The Kier molecular flexibility index (Phi) is 3.57. The molecule has 1 aromatic carbocycles. The Hall–Kier alpha value is -2.41. The van der Waals surface area contributed by atoms with E-state index in [-0.39, 0.29) is 0 Å². The Morgan fingerprint density at radius 1 is 1.14 bits per heavy atom. The molecule has 1 heterocycles. The molecule has 106 valence electrons. The summed E-state index contributed by atoms with van der Waals surface area (Å²) < 4.78 is 0. The molecule has 0 saturated carbocycles. The van der Waals surface area contributed by atoms with Crippen LogP contribution in [0.2, 0.25) is 0 Å². The SMILES string of the molecule is Cc1nnc(Nc2cccc3c2CCCC3)c(C#N)c1C. The van der Waals surface area contributed by atoms with E-state index < -0.39 is 0 Å². The summed E-state index contributed by atoms with van der Waals surface area (Å²) in [6, 6.07) is 8.55. The first kappa shape index (κ1) is 13.6. The number of nitrogens with zero attached hydrogens (tertiary/aromatic N) is 3. The van der Waals surface area contributed by atoms with Crippen LogP contribution >= 0.6 is 0 Å². The van der Waals surface area contributed by atoms with Gasteiger partial charge in [0.15, 0.2) is 5.82 Å². The molecule has 0 spiro atoms. The number of rotatable bonds is 2. The maximum Gasteiger partial charge on any atom is 0.171 e. The fourth-order valence-corrected chi connectivity index (χ4v) is 2.86. The molecule has 0 amide bonds. The van der Waals surface area contributed by atoms with Crippen LogP contribution in [0.1, 0.15) is 40.8 Å². The minimum Gasteiger partial charge on any atom is -0.337 e. The molecular weight excluding hydrogens is 260 g/mol. The number of nitriles is 1. The summed E-state index contributed by atoms with van der Waals surface area (Å²) in [5.74, 6) is 0.555. The van der Waals surface area contributed by atoms with E-state index in [1.807, 2.05) is 13.8 Å². The van der Waals surface area contributed by atoms with Crippen LogP contribution in [0.3, 0.4) is 0 Å². The number of benzene rings is 1. The van der Waals surface area contributed by atoms with E-state index in [2.05, 4.69) is 39.8 Å². The smallest absolute Gasteiger partial charge is 0.171 e. The van der Waals surface area contributed by atoms with Crippen molar-refractivity contribution in [3.05, 3.63) is 46.1 Å². The topological polar surface area (TPSA) is 61.6 Å². The Morgan fingerprint density at radius 3 is 2.76 bits per heavy atom. The lowest BCUT2D eigenvalue weighted by Crippen LogP contribution is -2.09. The van der Waals surface area contributed by atoms with Gasteiger partial charge in [-0.05, 0) is 62.3 Å². The highest BCUT2D eigenvalue weighted by Gasteiger charge is 2.16. The predicted octanol–water partition coefficient (Wildman–Crippen LogP) is 3.59. The van der Waals surface area contributed by atoms with Crippen molar-refractivity contribution in [2.75, 3.05) is 5.32 Å². The molecule has 3 rings (SSSR count). The van der Waals surface area contributed by atoms with E-state index in [0.29, 0.717) is 11.4 Å². The normalized spacial score (nSPS) is 13.4. The number of aromatic nitrogens is 2. The quantitative estimate of drug-likeness (QED) is 0.912.